The molecule has 27 heavy (non-hydrogen) atoms. The lowest BCUT2D eigenvalue weighted by Crippen LogP contribution is -2.12. The number of pyridine rings is 1. The van der Waals surface area contributed by atoms with Crippen LogP contribution in [0.25, 0.3) is 0 Å². The predicted molar refractivity (Wildman–Crippen MR) is 109 cm³/mol. The van der Waals surface area contributed by atoms with E-state index < -0.39 is 0 Å². The van der Waals surface area contributed by atoms with Crippen LogP contribution in [0.5, 0.6) is 5.75 Å². The molecule has 3 rings (SSSR count). The van der Waals surface area contributed by atoms with E-state index in [1.54, 1.807) is 36.4 Å². The molecule has 1 amide bonds. The standard InChI is InChI=1S/C21H20ClN3O2/c1-14(2)27-19-10-8-17(9-11-19)24-20-12-3-15(13-23-20)21(26)25-18-6-4-16(22)5-7-18/h3-14H,1-2H3,(H,23,24)(H,25,26). The van der Waals surface area contributed by atoms with Crippen LogP contribution in [0.3, 0.4) is 0 Å². The highest BCUT2D eigenvalue weighted by Crippen LogP contribution is 2.20. The monoisotopic (exact) mass is 381 g/mol. The molecule has 3 aromatic rings. The average Bonchev–Trinajstić information content (AvgIpc) is 2.65. The molecule has 0 saturated heterocycles. The fourth-order valence-electron chi connectivity index (χ4n) is 2.38. The largest absolute Gasteiger partial charge is 0.491 e. The fraction of sp³-hybridized carbons (Fsp3) is 0.143. The number of nitrogens with one attached hydrogen (secondary N) is 2. The lowest BCUT2D eigenvalue weighted by atomic mass is 10.2. The molecule has 0 fully saturated rings. The Morgan fingerprint density at radius 3 is 2.22 bits per heavy atom. The van der Waals surface area contributed by atoms with Crippen LogP contribution in [0, 0.1) is 0 Å². The second kappa shape index (κ2) is 8.56. The van der Waals surface area contributed by atoms with Gasteiger partial charge in [-0.1, -0.05) is 11.6 Å². The SMILES string of the molecule is CC(C)Oc1ccc(Nc2ccc(C(=O)Nc3ccc(Cl)cc3)cn2)cc1. The van der Waals surface area contributed by atoms with Crippen LogP contribution in [0.4, 0.5) is 17.2 Å². The summed E-state index contributed by atoms with van der Waals surface area (Å²) in [7, 11) is 0. The van der Waals surface area contributed by atoms with E-state index in [4.69, 9.17) is 16.3 Å². The zero-order valence-electron chi connectivity index (χ0n) is 15.1. The zero-order chi connectivity index (χ0) is 19.2. The molecule has 0 saturated carbocycles. The lowest BCUT2D eigenvalue weighted by Gasteiger charge is -2.11. The van der Waals surface area contributed by atoms with Crippen LogP contribution in [0.1, 0.15) is 24.2 Å². The van der Waals surface area contributed by atoms with E-state index in [-0.39, 0.29) is 12.0 Å². The van der Waals surface area contributed by atoms with Crippen molar-refractivity contribution in [2.75, 3.05) is 10.6 Å². The van der Waals surface area contributed by atoms with Gasteiger partial charge in [0.25, 0.3) is 5.91 Å². The first-order valence-electron chi connectivity index (χ1n) is 8.56. The van der Waals surface area contributed by atoms with Crippen molar-refractivity contribution in [3.8, 4) is 5.75 Å². The molecule has 5 nitrogen and oxygen atoms in total. The number of nitrogens with zero attached hydrogens (tertiary/aromatic N) is 1. The lowest BCUT2D eigenvalue weighted by molar-refractivity contribution is 0.102. The van der Waals surface area contributed by atoms with E-state index in [9.17, 15) is 4.79 Å². The van der Waals surface area contributed by atoms with Crippen LogP contribution in [-0.2, 0) is 0 Å². The van der Waals surface area contributed by atoms with Crippen LogP contribution < -0.4 is 15.4 Å². The number of ether oxygens (including phenoxy) is 1. The summed E-state index contributed by atoms with van der Waals surface area (Å²) in [5, 5.41) is 6.62. The maximum Gasteiger partial charge on any atom is 0.257 e. The molecule has 0 unspecified atom stereocenters. The number of rotatable bonds is 6. The third-order valence-electron chi connectivity index (χ3n) is 3.63. The third kappa shape index (κ3) is 5.46. The summed E-state index contributed by atoms with van der Waals surface area (Å²) in [6.45, 7) is 3.97. The molecule has 0 atom stereocenters. The minimum atomic E-state index is -0.230. The predicted octanol–water partition coefficient (Wildman–Crippen LogP) is 5.52. The van der Waals surface area contributed by atoms with Gasteiger partial charge in [-0.15, -0.1) is 0 Å². The van der Waals surface area contributed by atoms with E-state index >= 15 is 0 Å². The number of aromatic nitrogens is 1. The van der Waals surface area contributed by atoms with Crippen LogP contribution >= 0.6 is 11.6 Å². The highest BCUT2D eigenvalue weighted by molar-refractivity contribution is 6.30. The molecule has 0 aliphatic rings. The van der Waals surface area contributed by atoms with E-state index in [2.05, 4.69) is 15.6 Å². The molecule has 1 aromatic heterocycles. The second-order valence-electron chi connectivity index (χ2n) is 6.21. The molecule has 1 heterocycles. The number of amides is 1. The number of anilines is 3. The summed E-state index contributed by atoms with van der Waals surface area (Å²) in [5.74, 6) is 1.24. The Morgan fingerprint density at radius 2 is 1.63 bits per heavy atom. The summed E-state index contributed by atoms with van der Waals surface area (Å²) in [5.41, 5.74) is 2.03. The van der Waals surface area contributed by atoms with Gasteiger partial charge < -0.3 is 15.4 Å². The van der Waals surface area contributed by atoms with Gasteiger partial charge in [0, 0.05) is 22.6 Å². The summed E-state index contributed by atoms with van der Waals surface area (Å²) < 4.78 is 5.62. The van der Waals surface area contributed by atoms with Gasteiger partial charge in [-0.3, -0.25) is 4.79 Å². The second-order valence-corrected chi connectivity index (χ2v) is 6.65. The summed E-state index contributed by atoms with van der Waals surface area (Å²) >= 11 is 5.84. The van der Waals surface area contributed by atoms with Crippen molar-refractivity contribution in [2.24, 2.45) is 0 Å². The summed E-state index contributed by atoms with van der Waals surface area (Å²) in [4.78, 5) is 16.6. The fourth-order valence-corrected chi connectivity index (χ4v) is 2.50. The Bertz CT molecular complexity index is 892. The summed E-state index contributed by atoms with van der Waals surface area (Å²) in [6.07, 6.45) is 1.67. The number of benzene rings is 2. The Labute approximate surface area is 163 Å². The zero-order valence-corrected chi connectivity index (χ0v) is 15.8. The van der Waals surface area contributed by atoms with Crippen molar-refractivity contribution in [1.82, 2.24) is 4.98 Å². The van der Waals surface area contributed by atoms with Gasteiger partial charge in [0.1, 0.15) is 11.6 Å². The van der Waals surface area contributed by atoms with Gasteiger partial charge in [-0.25, -0.2) is 4.98 Å². The molecule has 0 aliphatic carbocycles. The smallest absolute Gasteiger partial charge is 0.257 e. The first kappa shape index (κ1) is 18.7. The highest BCUT2D eigenvalue weighted by atomic mass is 35.5. The Kier molecular flexibility index (Phi) is 5.94. The Hall–Kier alpha value is -3.05. The molecular weight excluding hydrogens is 362 g/mol. The van der Waals surface area contributed by atoms with Gasteiger partial charge >= 0.3 is 0 Å². The molecule has 2 aromatic carbocycles. The van der Waals surface area contributed by atoms with Crippen molar-refractivity contribution in [1.29, 1.82) is 0 Å². The first-order chi connectivity index (χ1) is 13.0. The Balaban J connectivity index is 1.61. The van der Waals surface area contributed by atoms with E-state index in [1.807, 2.05) is 38.1 Å². The topological polar surface area (TPSA) is 63.2 Å². The molecular formula is C21H20ClN3O2. The number of hydrogen-bond donors (Lipinski definition) is 2. The van der Waals surface area contributed by atoms with Gasteiger partial charge in [0.15, 0.2) is 0 Å². The van der Waals surface area contributed by atoms with Crippen molar-refractivity contribution in [2.45, 2.75) is 20.0 Å². The molecule has 2 N–H and O–H groups in total. The first-order valence-corrected chi connectivity index (χ1v) is 8.94. The minimum absolute atomic E-state index is 0.136. The number of halogens is 1. The minimum Gasteiger partial charge on any atom is -0.491 e. The maximum atomic E-state index is 12.3. The number of hydrogen-bond acceptors (Lipinski definition) is 4. The van der Waals surface area contributed by atoms with Gasteiger partial charge in [-0.05, 0) is 74.5 Å². The molecule has 138 valence electrons. The van der Waals surface area contributed by atoms with Crippen molar-refractivity contribution >= 4 is 34.7 Å². The van der Waals surface area contributed by atoms with Gasteiger partial charge in [-0.2, -0.15) is 0 Å². The van der Waals surface area contributed by atoms with Crippen molar-refractivity contribution in [3.63, 3.8) is 0 Å². The maximum absolute atomic E-state index is 12.3. The molecule has 0 spiro atoms. The molecule has 0 bridgehead atoms. The van der Waals surface area contributed by atoms with E-state index in [0.29, 0.717) is 22.1 Å². The van der Waals surface area contributed by atoms with Crippen LogP contribution in [0.15, 0.2) is 66.9 Å². The van der Waals surface area contributed by atoms with Crippen LogP contribution in [-0.4, -0.2) is 17.0 Å². The van der Waals surface area contributed by atoms with Crippen molar-refractivity contribution < 1.29 is 9.53 Å². The highest BCUT2D eigenvalue weighted by Gasteiger charge is 2.07. The molecule has 6 heteroatoms. The van der Waals surface area contributed by atoms with Crippen LogP contribution in [0.2, 0.25) is 5.02 Å². The van der Waals surface area contributed by atoms with Crippen molar-refractivity contribution in [3.05, 3.63) is 77.4 Å². The third-order valence-corrected chi connectivity index (χ3v) is 3.88. The number of carbonyl (C=O) groups excluding carboxylic acids is 1. The van der Waals surface area contributed by atoms with Gasteiger partial charge in [0.05, 0.1) is 11.7 Å². The van der Waals surface area contributed by atoms with E-state index in [0.717, 1.165) is 11.4 Å². The molecule has 0 aliphatic heterocycles. The quantitative estimate of drug-likeness (QED) is 0.590. The van der Waals surface area contributed by atoms with Gasteiger partial charge in [0.2, 0.25) is 0 Å². The van der Waals surface area contributed by atoms with E-state index in [1.165, 1.54) is 6.20 Å². The summed E-state index contributed by atoms with van der Waals surface area (Å²) in [6, 6.07) is 18.0. The molecule has 0 radical (unpaired) electrons. The number of carbonyl (C=O) groups is 1. The Morgan fingerprint density at radius 1 is 0.963 bits per heavy atom. The normalized spacial score (nSPS) is 10.5. The average molecular weight is 382 g/mol.